The highest BCUT2D eigenvalue weighted by Gasteiger charge is 2.02. The van der Waals surface area contributed by atoms with Crippen LogP contribution in [0.3, 0.4) is 0 Å². The molecule has 0 spiro atoms. The summed E-state index contributed by atoms with van der Waals surface area (Å²) >= 11 is 1.65. The number of unbranched alkanes of at least 4 members (excludes halogenated alkanes) is 1. The van der Waals surface area contributed by atoms with Gasteiger partial charge in [0.25, 0.3) is 0 Å². The highest BCUT2D eigenvalue weighted by Crippen LogP contribution is 2.15. The van der Waals surface area contributed by atoms with Gasteiger partial charge in [0.05, 0.1) is 6.10 Å². The molecule has 1 heterocycles. The third-order valence-corrected chi connectivity index (χ3v) is 2.93. The van der Waals surface area contributed by atoms with Crippen molar-refractivity contribution in [3.8, 4) is 0 Å². The number of thioether (sulfide) groups is 1. The number of aliphatic hydroxyl groups is 1. The van der Waals surface area contributed by atoms with E-state index >= 15 is 0 Å². The third kappa shape index (κ3) is 4.06. The molecule has 0 fully saturated rings. The summed E-state index contributed by atoms with van der Waals surface area (Å²) in [5.74, 6) is 1.00. The number of hydrogen-bond donors (Lipinski definition) is 1. The summed E-state index contributed by atoms with van der Waals surface area (Å²) < 4.78 is 1.67. The van der Waals surface area contributed by atoms with E-state index in [1.54, 1.807) is 16.4 Å². The summed E-state index contributed by atoms with van der Waals surface area (Å²) in [4.78, 5) is 0. The zero-order valence-corrected chi connectivity index (χ0v) is 9.37. The molecular weight excluding hydrogens is 200 g/mol. The van der Waals surface area contributed by atoms with Gasteiger partial charge in [0.2, 0.25) is 5.16 Å². The molecule has 0 saturated carbocycles. The fourth-order valence-corrected chi connectivity index (χ4v) is 1.90. The first-order valence-corrected chi connectivity index (χ1v) is 5.72. The van der Waals surface area contributed by atoms with Gasteiger partial charge < -0.3 is 5.11 Å². The maximum atomic E-state index is 9.04. The van der Waals surface area contributed by atoms with Crippen molar-refractivity contribution in [2.75, 3.05) is 5.75 Å². The molecule has 0 aromatic carbocycles. The largest absolute Gasteiger partial charge is 0.393 e. The number of tetrazole rings is 1. The smallest absolute Gasteiger partial charge is 0.209 e. The summed E-state index contributed by atoms with van der Waals surface area (Å²) in [7, 11) is 1.83. The van der Waals surface area contributed by atoms with E-state index in [1.807, 2.05) is 14.0 Å². The molecule has 1 aromatic heterocycles. The second-order valence-corrected chi connectivity index (χ2v) is 4.34. The van der Waals surface area contributed by atoms with Crippen molar-refractivity contribution in [1.29, 1.82) is 0 Å². The molecule has 0 bridgehead atoms. The quantitative estimate of drug-likeness (QED) is 0.564. The highest BCUT2D eigenvalue weighted by atomic mass is 32.2. The van der Waals surface area contributed by atoms with Crippen LogP contribution in [0.25, 0.3) is 0 Å². The van der Waals surface area contributed by atoms with Crippen molar-refractivity contribution < 1.29 is 5.11 Å². The molecule has 1 atom stereocenters. The standard InChI is InChI=1S/C8H16N4OS/c1-7(13)5-3-4-6-14-8-9-10-11-12(8)2/h7,13H,3-6H2,1-2H3. The Labute approximate surface area is 87.9 Å². The summed E-state index contributed by atoms with van der Waals surface area (Å²) in [6, 6.07) is 0. The Kier molecular flexibility index (Phi) is 4.89. The van der Waals surface area contributed by atoms with Gasteiger partial charge in [0, 0.05) is 12.8 Å². The molecule has 6 heteroatoms. The Bertz CT molecular complexity index is 264. The lowest BCUT2D eigenvalue weighted by molar-refractivity contribution is 0.181. The van der Waals surface area contributed by atoms with E-state index in [-0.39, 0.29) is 6.10 Å². The second kappa shape index (κ2) is 5.98. The van der Waals surface area contributed by atoms with E-state index in [0.29, 0.717) is 0 Å². The van der Waals surface area contributed by atoms with Crippen molar-refractivity contribution in [3.63, 3.8) is 0 Å². The van der Waals surface area contributed by atoms with Crippen LogP contribution in [0, 0.1) is 0 Å². The van der Waals surface area contributed by atoms with E-state index in [0.717, 1.165) is 30.2 Å². The van der Waals surface area contributed by atoms with E-state index in [1.165, 1.54) is 0 Å². The van der Waals surface area contributed by atoms with Crippen LogP contribution in [0.1, 0.15) is 26.2 Å². The molecule has 1 aromatic rings. The fraction of sp³-hybridized carbons (Fsp3) is 0.875. The van der Waals surface area contributed by atoms with Gasteiger partial charge in [-0.25, -0.2) is 4.68 Å². The number of aromatic nitrogens is 4. The average Bonchev–Trinajstić information content (AvgIpc) is 2.51. The Hall–Kier alpha value is -0.620. The minimum atomic E-state index is -0.184. The first-order chi connectivity index (χ1) is 6.70. The van der Waals surface area contributed by atoms with E-state index in [2.05, 4.69) is 15.5 Å². The van der Waals surface area contributed by atoms with Gasteiger partial charge >= 0.3 is 0 Å². The van der Waals surface area contributed by atoms with Crippen LogP contribution < -0.4 is 0 Å². The second-order valence-electron chi connectivity index (χ2n) is 3.28. The lowest BCUT2D eigenvalue weighted by Crippen LogP contribution is -1.99. The van der Waals surface area contributed by atoms with E-state index in [4.69, 9.17) is 5.11 Å². The Morgan fingerprint density at radius 3 is 2.86 bits per heavy atom. The zero-order chi connectivity index (χ0) is 10.4. The average molecular weight is 216 g/mol. The Morgan fingerprint density at radius 1 is 1.50 bits per heavy atom. The predicted molar refractivity (Wildman–Crippen MR) is 55.1 cm³/mol. The van der Waals surface area contributed by atoms with Crippen molar-refractivity contribution in [2.45, 2.75) is 37.4 Å². The van der Waals surface area contributed by atoms with E-state index < -0.39 is 0 Å². The third-order valence-electron chi connectivity index (χ3n) is 1.83. The van der Waals surface area contributed by atoms with Crippen LogP contribution in [-0.4, -0.2) is 37.2 Å². The van der Waals surface area contributed by atoms with Gasteiger partial charge in [-0.3, -0.25) is 0 Å². The molecule has 5 nitrogen and oxygen atoms in total. The van der Waals surface area contributed by atoms with Crippen LogP contribution in [0.4, 0.5) is 0 Å². The number of aryl methyl sites for hydroxylation is 1. The molecule has 0 amide bonds. The van der Waals surface area contributed by atoms with Crippen molar-refractivity contribution in [2.24, 2.45) is 7.05 Å². The van der Waals surface area contributed by atoms with Crippen molar-refractivity contribution >= 4 is 11.8 Å². The van der Waals surface area contributed by atoms with Crippen molar-refractivity contribution in [1.82, 2.24) is 20.2 Å². The normalized spacial score (nSPS) is 13.1. The summed E-state index contributed by atoms with van der Waals surface area (Å²) in [5, 5.41) is 21.0. The Balaban J connectivity index is 2.08. The lowest BCUT2D eigenvalue weighted by Gasteiger charge is -2.02. The van der Waals surface area contributed by atoms with Gasteiger partial charge in [0.1, 0.15) is 0 Å². The molecule has 0 saturated heterocycles. The maximum absolute atomic E-state index is 9.04. The van der Waals surface area contributed by atoms with Gasteiger partial charge in [-0.2, -0.15) is 0 Å². The maximum Gasteiger partial charge on any atom is 0.209 e. The minimum absolute atomic E-state index is 0.184. The lowest BCUT2D eigenvalue weighted by atomic mass is 10.2. The van der Waals surface area contributed by atoms with Gasteiger partial charge in [-0.15, -0.1) is 5.10 Å². The summed E-state index contributed by atoms with van der Waals surface area (Å²) in [6.45, 7) is 1.82. The zero-order valence-electron chi connectivity index (χ0n) is 8.55. The summed E-state index contributed by atoms with van der Waals surface area (Å²) in [5.41, 5.74) is 0. The molecule has 0 aliphatic carbocycles. The molecule has 80 valence electrons. The first-order valence-electron chi connectivity index (χ1n) is 4.73. The molecule has 1 unspecified atom stereocenters. The van der Waals surface area contributed by atoms with Crippen LogP contribution in [-0.2, 0) is 7.05 Å². The molecule has 0 aliphatic heterocycles. The molecular formula is C8H16N4OS. The van der Waals surface area contributed by atoms with Crippen LogP contribution in [0.15, 0.2) is 5.16 Å². The van der Waals surface area contributed by atoms with Crippen LogP contribution >= 0.6 is 11.8 Å². The molecule has 0 aliphatic rings. The van der Waals surface area contributed by atoms with Gasteiger partial charge in [0.15, 0.2) is 0 Å². The van der Waals surface area contributed by atoms with Gasteiger partial charge in [-0.1, -0.05) is 18.2 Å². The molecule has 0 radical (unpaired) electrons. The highest BCUT2D eigenvalue weighted by molar-refractivity contribution is 7.99. The van der Waals surface area contributed by atoms with Crippen molar-refractivity contribution in [3.05, 3.63) is 0 Å². The molecule has 14 heavy (non-hydrogen) atoms. The molecule has 1 rings (SSSR count). The number of hydrogen-bond acceptors (Lipinski definition) is 5. The van der Waals surface area contributed by atoms with Gasteiger partial charge in [-0.05, 0) is 30.2 Å². The fourth-order valence-electron chi connectivity index (χ4n) is 1.05. The monoisotopic (exact) mass is 216 g/mol. The molecule has 1 N–H and O–H groups in total. The topological polar surface area (TPSA) is 63.8 Å². The predicted octanol–water partition coefficient (Wildman–Crippen LogP) is 0.853. The van der Waals surface area contributed by atoms with Crippen LogP contribution in [0.5, 0.6) is 0 Å². The van der Waals surface area contributed by atoms with E-state index in [9.17, 15) is 0 Å². The number of nitrogens with zero attached hydrogens (tertiary/aromatic N) is 4. The minimum Gasteiger partial charge on any atom is -0.393 e. The number of aliphatic hydroxyl groups excluding tert-OH is 1. The van der Waals surface area contributed by atoms with Crippen LogP contribution in [0.2, 0.25) is 0 Å². The SMILES string of the molecule is CC(O)CCCCSc1nnnn1C. The Morgan fingerprint density at radius 2 is 2.29 bits per heavy atom. The summed E-state index contributed by atoms with van der Waals surface area (Å²) in [6.07, 6.45) is 2.83. The first kappa shape index (κ1) is 11.5. The number of rotatable bonds is 6.